The Hall–Kier alpha value is -1.63. The molecule has 0 aliphatic heterocycles. The summed E-state index contributed by atoms with van der Waals surface area (Å²) in [4.78, 5) is 12.3. The van der Waals surface area contributed by atoms with Gasteiger partial charge in [-0.2, -0.15) is 0 Å². The number of benzene rings is 1. The molecule has 0 heterocycles. The van der Waals surface area contributed by atoms with E-state index >= 15 is 0 Å². The summed E-state index contributed by atoms with van der Waals surface area (Å²) in [6.45, 7) is 4.22. The third kappa shape index (κ3) is 2.61. The van der Waals surface area contributed by atoms with Gasteiger partial charge in [-0.1, -0.05) is 61.9 Å². The van der Waals surface area contributed by atoms with Gasteiger partial charge in [0, 0.05) is 12.3 Å². The molecule has 1 heteroatoms. The number of Topliss-reactive ketones (excluding diaryl/α,β-unsaturated/α-hetero) is 1. The van der Waals surface area contributed by atoms with Crippen molar-refractivity contribution >= 4 is 11.4 Å². The fraction of sp³-hybridized carbons (Fsp3) is 0.353. The van der Waals surface area contributed by atoms with Crippen LogP contribution in [0.4, 0.5) is 0 Å². The summed E-state index contributed by atoms with van der Waals surface area (Å²) in [5.74, 6) is 0.477. The van der Waals surface area contributed by atoms with Crippen LogP contribution in [0.5, 0.6) is 0 Å². The van der Waals surface area contributed by atoms with Crippen LogP contribution < -0.4 is 0 Å². The summed E-state index contributed by atoms with van der Waals surface area (Å²) in [6, 6.07) is 10.2. The molecular weight excluding hydrogens is 220 g/mol. The van der Waals surface area contributed by atoms with Gasteiger partial charge in [0.2, 0.25) is 0 Å². The molecule has 0 amide bonds. The van der Waals surface area contributed by atoms with Crippen molar-refractivity contribution in [3.8, 4) is 0 Å². The number of hydrogen-bond acceptors (Lipinski definition) is 1. The minimum absolute atomic E-state index is 0.118. The summed E-state index contributed by atoms with van der Waals surface area (Å²) in [7, 11) is 0. The highest BCUT2D eigenvalue weighted by atomic mass is 16.1. The van der Waals surface area contributed by atoms with Gasteiger partial charge in [0.05, 0.1) is 0 Å². The van der Waals surface area contributed by atoms with Crippen LogP contribution in [0, 0.1) is 5.92 Å². The summed E-state index contributed by atoms with van der Waals surface area (Å²) in [5.41, 5.74) is 3.57. The van der Waals surface area contributed by atoms with E-state index in [1.165, 1.54) is 5.57 Å². The molecule has 0 bridgehead atoms. The number of carbonyl (C=O) groups excluding carboxylic acids is 1. The second-order valence-electron chi connectivity index (χ2n) is 4.76. The van der Waals surface area contributed by atoms with Crippen molar-refractivity contribution in [2.75, 3.05) is 0 Å². The van der Waals surface area contributed by atoms with E-state index in [1.807, 2.05) is 18.2 Å². The van der Waals surface area contributed by atoms with Crippen LogP contribution in [0.15, 0.2) is 48.1 Å². The van der Waals surface area contributed by atoms with Crippen LogP contribution in [0.3, 0.4) is 0 Å². The molecule has 0 spiro atoms. The Labute approximate surface area is 109 Å². The number of ketones is 1. The Balaban J connectivity index is 2.34. The first-order valence-electron chi connectivity index (χ1n) is 6.74. The van der Waals surface area contributed by atoms with E-state index in [-0.39, 0.29) is 5.92 Å². The lowest BCUT2D eigenvalue weighted by atomic mass is 9.88. The minimum Gasteiger partial charge on any atom is -0.299 e. The minimum atomic E-state index is 0.118. The van der Waals surface area contributed by atoms with Crippen molar-refractivity contribution in [2.24, 2.45) is 5.92 Å². The number of hydrogen-bond donors (Lipinski definition) is 0. The van der Waals surface area contributed by atoms with Gasteiger partial charge in [0.1, 0.15) is 5.78 Å². The van der Waals surface area contributed by atoms with Crippen LogP contribution in [-0.4, -0.2) is 5.78 Å². The smallest absolute Gasteiger partial charge is 0.144 e. The maximum atomic E-state index is 12.3. The van der Waals surface area contributed by atoms with Crippen molar-refractivity contribution in [1.82, 2.24) is 0 Å². The van der Waals surface area contributed by atoms with Crippen molar-refractivity contribution in [3.63, 3.8) is 0 Å². The zero-order chi connectivity index (χ0) is 13.0. The maximum absolute atomic E-state index is 12.3. The van der Waals surface area contributed by atoms with Gasteiger partial charge in [-0.05, 0) is 24.0 Å². The fourth-order valence-corrected chi connectivity index (χ4v) is 2.61. The predicted molar refractivity (Wildman–Crippen MR) is 76.2 cm³/mol. The average molecular weight is 240 g/mol. The van der Waals surface area contributed by atoms with Gasteiger partial charge in [-0.25, -0.2) is 0 Å². The number of carbonyl (C=O) groups is 1. The molecule has 1 atom stereocenters. The summed E-state index contributed by atoms with van der Waals surface area (Å²) < 4.78 is 0. The zero-order valence-electron chi connectivity index (χ0n) is 11.1. The Kier molecular flexibility index (Phi) is 4.14. The molecule has 1 unspecified atom stereocenters. The highest BCUT2D eigenvalue weighted by Gasteiger charge is 2.23. The highest BCUT2D eigenvalue weighted by molar-refractivity contribution is 5.94. The molecule has 0 aromatic heterocycles. The predicted octanol–water partition coefficient (Wildman–Crippen LogP) is 4.41. The van der Waals surface area contributed by atoms with E-state index in [1.54, 1.807) is 0 Å². The van der Waals surface area contributed by atoms with E-state index in [0.29, 0.717) is 12.2 Å². The van der Waals surface area contributed by atoms with Crippen LogP contribution >= 0.6 is 0 Å². The highest BCUT2D eigenvalue weighted by Crippen LogP contribution is 2.29. The van der Waals surface area contributed by atoms with Crippen LogP contribution in [0.2, 0.25) is 0 Å². The summed E-state index contributed by atoms with van der Waals surface area (Å²) >= 11 is 0. The molecule has 1 aliphatic rings. The monoisotopic (exact) mass is 240 g/mol. The number of rotatable bonds is 3. The van der Waals surface area contributed by atoms with Crippen molar-refractivity contribution in [1.29, 1.82) is 0 Å². The first-order valence-corrected chi connectivity index (χ1v) is 6.74. The molecule has 0 radical (unpaired) electrons. The van der Waals surface area contributed by atoms with Gasteiger partial charge >= 0.3 is 0 Å². The van der Waals surface area contributed by atoms with E-state index in [2.05, 4.69) is 38.1 Å². The quantitative estimate of drug-likeness (QED) is 0.765. The Morgan fingerprint density at radius 3 is 2.44 bits per heavy atom. The Bertz CT molecular complexity index is 480. The third-order valence-corrected chi connectivity index (χ3v) is 3.66. The second kappa shape index (κ2) is 5.81. The molecule has 1 aromatic rings. The molecule has 2 rings (SSSR count). The fourth-order valence-electron chi connectivity index (χ4n) is 2.61. The molecule has 0 N–H and O–H groups in total. The van der Waals surface area contributed by atoms with Crippen molar-refractivity contribution in [2.45, 2.75) is 33.1 Å². The molecule has 94 valence electrons. The molecule has 1 aliphatic carbocycles. The summed E-state index contributed by atoms with van der Waals surface area (Å²) in [6.07, 6.45) is 6.71. The molecule has 0 fully saturated rings. The third-order valence-electron chi connectivity index (χ3n) is 3.66. The summed E-state index contributed by atoms with van der Waals surface area (Å²) in [5, 5.41) is 0. The lowest BCUT2D eigenvalue weighted by Gasteiger charge is -2.14. The molecule has 0 saturated carbocycles. The van der Waals surface area contributed by atoms with Crippen molar-refractivity contribution in [3.05, 3.63) is 53.6 Å². The molecule has 0 saturated heterocycles. The zero-order valence-corrected chi connectivity index (χ0v) is 11.1. The molecule has 1 nitrogen and oxygen atoms in total. The maximum Gasteiger partial charge on any atom is 0.144 e. The Morgan fingerprint density at radius 1 is 1.11 bits per heavy atom. The van der Waals surface area contributed by atoms with Gasteiger partial charge in [-0.3, -0.25) is 4.79 Å². The van der Waals surface area contributed by atoms with E-state index in [4.69, 9.17) is 0 Å². The second-order valence-corrected chi connectivity index (χ2v) is 4.76. The van der Waals surface area contributed by atoms with E-state index in [0.717, 1.165) is 24.0 Å². The number of allylic oxidation sites excluding steroid dienone is 4. The first kappa shape index (κ1) is 12.8. The normalized spacial score (nSPS) is 20.1. The first-order chi connectivity index (χ1) is 8.76. The molecule has 18 heavy (non-hydrogen) atoms. The largest absolute Gasteiger partial charge is 0.299 e. The SMILES string of the molecule is CCC1=CC=C(c2ccccc2)CC(=O)C1CC. The van der Waals surface area contributed by atoms with Gasteiger partial charge in [0.15, 0.2) is 0 Å². The Morgan fingerprint density at radius 2 is 1.83 bits per heavy atom. The van der Waals surface area contributed by atoms with Crippen LogP contribution in [-0.2, 0) is 4.79 Å². The van der Waals surface area contributed by atoms with Gasteiger partial charge in [0.25, 0.3) is 0 Å². The molecule has 1 aromatic carbocycles. The van der Waals surface area contributed by atoms with Crippen LogP contribution in [0.25, 0.3) is 5.57 Å². The molecular formula is C17H20O. The average Bonchev–Trinajstić information content (AvgIpc) is 2.58. The lowest BCUT2D eigenvalue weighted by molar-refractivity contribution is -0.120. The lowest BCUT2D eigenvalue weighted by Crippen LogP contribution is -2.15. The van der Waals surface area contributed by atoms with E-state index < -0.39 is 0 Å². The standard InChI is InChI=1S/C17H20O/c1-3-13-10-11-15(12-17(18)16(13)4-2)14-8-6-5-7-9-14/h5-11,16H,3-4,12H2,1-2H3. The topological polar surface area (TPSA) is 17.1 Å². The van der Waals surface area contributed by atoms with E-state index in [9.17, 15) is 4.79 Å². The van der Waals surface area contributed by atoms with Crippen molar-refractivity contribution < 1.29 is 4.79 Å². The van der Waals surface area contributed by atoms with Crippen LogP contribution in [0.1, 0.15) is 38.7 Å². The van der Waals surface area contributed by atoms with Gasteiger partial charge < -0.3 is 0 Å². The van der Waals surface area contributed by atoms with Gasteiger partial charge in [-0.15, -0.1) is 0 Å².